The molecule has 1 aromatic heterocycles. The molecule has 5 nitrogen and oxygen atoms in total. The van der Waals surface area contributed by atoms with E-state index < -0.39 is 0 Å². The van der Waals surface area contributed by atoms with Crippen molar-refractivity contribution >= 4 is 5.91 Å². The molecule has 1 amide bonds. The first-order valence-electron chi connectivity index (χ1n) is 5.85. The summed E-state index contributed by atoms with van der Waals surface area (Å²) < 4.78 is 0. The van der Waals surface area contributed by atoms with Crippen molar-refractivity contribution in [3.8, 4) is 0 Å². The highest BCUT2D eigenvalue weighted by atomic mass is 16.1. The number of unbranched alkanes of at least 4 members (excludes halogenated alkanes) is 1. The second-order valence-electron chi connectivity index (χ2n) is 4.23. The predicted octanol–water partition coefficient (Wildman–Crippen LogP) is 0.756. The predicted molar refractivity (Wildman–Crippen MR) is 61.2 cm³/mol. The molecule has 1 fully saturated rings. The minimum atomic E-state index is -0.0971. The molecule has 0 spiro atoms. The van der Waals surface area contributed by atoms with E-state index in [1.54, 1.807) is 0 Å². The van der Waals surface area contributed by atoms with E-state index in [-0.39, 0.29) is 5.91 Å². The zero-order valence-electron chi connectivity index (χ0n) is 9.33. The fraction of sp³-hybridized carbons (Fsp3) is 0.636. The number of hydrogen-bond acceptors (Lipinski definition) is 3. The van der Waals surface area contributed by atoms with Crippen LogP contribution in [-0.2, 0) is 0 Å². The first-order valence-corrected chi connectivity index (χ1v) is 5.85. The zero-order chi connectivity index (χ0) is 11.4. The number of carbonyl (C=O) groups excluding carboxylic acids is 1. The van der Waals surface area contributed by atoms with Crippen molar-refractivity contribution in [1.82, 2.24) is 15.5 Å². The van der Waals surface area contributed by atoms with Crippen LogP contribution >= 0.6 is 0 Å². The summed E-state index contributed by atoms with van der Waals surface area (Å²) in [4.78, 5) is 11.6. The van der Waals surface area contributed by atoms with Gasteiger partial charge in [0.25, 0.3) is 5.91 Å². The molecule has 1 heterocycles. The molecule has 88 valence electrons. The molecular formula is C11H18N4O. The lowest BCUT2D eigenvalue weighted by molar-refractivity contribution is 0.0948. The molecule has 2 rings (SSSR count). The number of amides is 1. The Labute approximate surface area is 94.8 Å². The number of aromatic nitrogens is 2. The fourth-order valence-corrected chi connectivity index (χ4v) is 1.62. The van der Waals surface area contributed by atoms with Crippen molar-refractivity contribution in [2.24, 2.45) is 5.73 Å². The number of nitrogens with zero attached hydrogens (tertiary/aromatic N) is 1. The van der Waals surface area contributed by atoms with Crippen molar-refractivity contribution in [2.45, 2.75) is 31.6 Å². The average molecular weight is 222 g/mol. The van der Waals surface area contributed by atoms with Crippen LogP contribution < -0.4 is 11.1 Å². The molecule has 4 N–H and O–H groups in total. The molecule has 1 aromatic rings. The Morgan fingerprint density at radius 2 is 2.38 bits per heavy atom. The van der Waals surface area contributed by atoms with Gasteiger partial charge >= 0.3 is 0 Å². The Balaban J connectivity index is 1.78. The number of nitrogens with two attached hydrogens (primary N) is 1. The number of nitrogens with one attached hydrogen (secondary N) is 2. The number of rotatable bonds is 6. The SMILES string of the molecule is NCCCCNC(=O)c1cc(C2CC2)[nH]n1. The van der Waals surface area contributed by atoms with Gasteiger partial charge in [-0.15, -0.1) is 0 Å². The Hall–Kier alpha value is -1.36. The van der Waals surface area contributed by atoms with Gasteiger partial charge < -0.3 is 11.1 Å². The molecule has 0 unspecified atom stereocenters. The molecular weight excluding hydrogens is 204 g/mol. The second kappa shape index (κ2) is 5.12. The highest BCUT2D eigenvalue weighted by Crippen LogP contribution is 2.38. The molecule has 0 aromatic carbocycles. The number of H-pyrrole nitrogens is 1. The maximum absolute atomic E-state index is 11.6. The van der Waals surface area contributed by atoms with Gasteiger partial charge in [0.2, 0.25) is 0 Å². The molecule has 0 radical (unpaired) electrons. The van der Waals surface area contributed by atoms with Crippen LogP contribution in [0.25, 0.3) is 0 Å². The largest absolute Gasteiger partial charge is 0.351 e. The first kappa shape index (κ1) is 11.1. The molecule has 1 aliphatic rings. The minimum absolute atomic E-state index is 0.0971. The van der Waals surface area contributed by atoms with Crippen molar-refractivity contribution < 1.29 is 4.79 Å². The van der Waals surface area contributed by atoms with Gasteiger partial charge in [-0.05, 0) is 38.3 Å². The van der Waals surface area contributed by atoms with E-state index in [0.717, 1.165) is 18.5 Å². The van der Waals surface area contributed by atoms with Gasteiger partial charge in [0.15, 0.2) is 0 Å². The van der Waals surface area contributed by atoms with Gasteiger partial charge in [-0.25, -0.2) is 0 Å². The molecule has 0 atom stereocenters. The summed E-state index contributed by atoms with van der Waals surface area (Å²) in [5.74, 6) is 0.506. The number of carbonyl (C=O) groups is 1. The smallest absolute Gasteiger partial charge is 0.271 e. The quantitative estimate of drug-likeness (QED) is 0.621. The van der Waals surface area contributed by atoms with Gasteiger partial charge in [-0.1, -0.05) is 0 Å². The van der Waals surface area contributed by atoms with Crippen molar-refractivity contribution in [1.29, 1.82) is 0 Å². The lowest BCUT2D eigenvalue weighted by Gasteiger charge is -2.01. The number of aromatic amines is 1. The van der Waals surface area contributed by atoms with Crippen LogP contribution in [0.4, 0.5) is 0 Å². The molecule has 0 bridgehead atoms. The molecule has 16 heavy (non-hydrogen) atoms. The van der Waals surface area contributed by atoms with Gasteiger partial charge in [0.1, 0.15) is 5.69 Å². The van der Waals surface area contributed by atoms with E-state index >= 15 is 0 Å². The minimum Gasteiger partial charge on any atom is -0.351 e. The Morgan fingerprint density at radius 3 is 3.06 bits per heavy atom. The third-order valence-corrected chi connectivity index (χ3v) is 2.76. The summed E-state index contributed by atoms with van der Waals surface area (Å²) in [5, 5.41) is 9.76. The Kier molecular flexibility index (Phi) is 3.56. The third-order valence-electron chi connectivity index (χ3n) is 2.76. The maximum Gasteiger partial charge on any atom is 0.271 e. The third kappa shape index (κ3) is 2.82. The molecule has 0 saturated heterocycles. The van der Waals surface area contributed by atoms with Crippen LogP contribution in [0, 0.1) is 0 Å². The topological polar surface area (TPSA) is 83.8 Å². The molecule has 1 saturated carbocycles. The monoisotopic (exact) mass is 222 g/mol. The van der Waals surface area contributed by atoms with E-state index in [1.807, 2.05) is 6.07 Å². The van der Waals surface area contributed by atoms with Crippen molar-refractivity contribution in [3.05, 3.63) is 17.5 Å². The zero-order valence-corrected chi connectivity index (χ0v) is 9.33. The lowest BCUT2D eigenvalue weighted by Crippen LogP contribution is -2.25. The van der Waals surface area contributed by atoms with Crippen LogP contribution in [0.5, 0.6) is 0 Å². The average Bonchev–Trinajstić information content (AvgIpc) is 3.02. The fourth-order valence-electron chi connectivity index (χ4n) is 1.62. The molecule has 5 heteroatoms. The van der Waals surface area contributed by atoms with Crippen molar-refractivity contribution in [2.75, 3.05) is 13.1 Å². The summed E-state index contributed by atoms with van der Waals surface area (Å²) in [6, 6.07) is 1.86. The summed E-state index contributed by atoms with van der Waals surface area (Å²) in [7, 11) is 0. The second-order valence-corrected chi connectivity index (χ2v) is 4.23. The lowest BCUT2D eigenvalue weighted by atomic mass is 10.2. The van der Waals surface area contributed by atoms with E-state index in [2.05, 4.69) is 15.5 Å². The van der Waals surface area contributed by atoms with Crippen LogP contribution in [0.1, 0.15) is 47.8 Å². The normalized spacial score (nSPS) is 15.1. The summed E-state index contributed by atoms with van der Waals surface area (Å²) in [5.41, 5.74) is 6.95. The van der Waals surface area contributed by atoms with Gasteiger partial charge in [-0.2, -0.15) is 5.10 Å². The first-order chi connectivity index (χ1) is 7.81. The van der Waals surface area contributed by atoms with E-state index in [1.165, 1.54) is 12.8 Å². The molecule has 1 aliphatic carbocycles. The Morgan fingerprint density at radius 1 is 1.56 bits per heavy atom. The maximum atomic E-state index is 11.6. The standard InChI is InChI=1S/C11H18N4O/c12-5-1-2-6-13-11(16)10-7-9(14-15-10)8-3-4-8/h7-8H,1-6,12H2,(H,13,16)(H,14,15). The number of hydrogen-bond donors (Lipinski definition) is 3. The Bertz CT molecular complexity index is 357. The molecule has 0 aliphatic heterocycles. The van der Waals surface area contributed by atoms with E-state index in [0.29, 0.717) is 24.7 Å². The summed E-state index contributed by atoms with van der Waals surface area (Å²) in [6.07, 6.45) is 4.27. The van der Waals surface area contributed by atoms with Crippen LogP contribution in [-0.4, -0.2) is 29.2 Å². The van der Waals surface area contributed by atoms with E-state index in [9.17, 15) is 4.79 Å². The summed E-state index contributed by atoms with van der Waals surface area (Å²) in [6.45, 7) is 1.34. The van der Waals surface area contributed by atoms with Crippen LogP contribution in [0.15, 0.2) is 6.07 Å². The summed E-state index contributed by atoms with van der Waals surface area (Å²) >= 11 is 0. The van der Waals surface area contributed by atoms with Crippen molar-refractivity contribution in [3.63, 3.8) is 0 Å². The van der Waals surface area contributed by atoms with Gasteiger partial charge in [0.05, 0.1) is 0 Å². The van der Waals surface area contributed by atoms with Gasteiger partial charge in [0, 0.05) is 18.2 Å². The highest BCUT2D eigenvalue weighted by molar-refractivity contribution is 5.92. The van der Waals surface area contributed by atoms with Gasteiger partial charge in [-0.3, -0.25) is 9.89 Å². The van der Waals surface area contributed by atoms with Crippen LogP contribution in [0.3, 0.4) is 0 Å². The van der Waals surface area contributed by atoms with E-state index in [4.69, 9.17) is 5.73 Å². The highest BCUT2D eigenvalue weighted by Gasteiger charge is 2.26. The van der Waals surface area contributed by atoms with Crippen LogP contribution in [0.2, 0.25) is 0 Å².